The standard InChI is InChI=1S/C16H24N6O3S.ClH/c1-22-15(19-20-21-22)13-4-3-5-14(10-13)26(23,24)18-11-16(12-25-2)6-8-17-9-7-16;/h3-5,10,17-18H,6-9,11-12H2,1-2H3;1H. The molecule has 1 saturated heterocycles. The van der Waals surface area contributed by atoms with Gasteiger partial charge in [-0.25, -0.2) is 17.8 Å². The third kappa shape index (κ3) is 5.02. The summed E-state index contributed by atoms with van der Waals surface area (Å²) in [6, 6.07) is 6.62. The average Bonchev–Trinajstić information content (AvgIpc) is 3.07. The summed E-state index contributed by atoms with van der Waals surface area (Å²) in [6.07, 6.45) is 1.74. The molecule has 150 valence electrons. The van der Waals surface area contributed by atoms with E-state index in [1.807, 2.05) is 0 Å². The number of benzene rings is 1. The first-order valence-electron chi connectivity index (χ1n) is 8.48. The van der Waals surface area contributed by atoms with Crippen molar-refractivity contribution in [3.63, 3.8) is 0 Å². The maximum atomic E-state index is 12.8. The Hall–Kier alpha value is -1.59. The lowest BCUT2D eigenvalue weighted by Gasteiger charge is -2.37. The van der Waals surface area contributed by atoms with E-state index in [1.54, 1.807) is 38.4 Å². The molecule has 2 heterocycles. The molecule has 1 fully saturated rings. The number of aryl methyl sites for hydroxylation is 1. The Kier molecular flexibility index (Phi) is 7.29. The van der Waals surface area contributed by atoms with Crippen molar-refractivity contribution in [2.45, 2.75) is 17.7 Å². The molecule has 1 aliphatic heterocycles. The SMILES string of the molecule is COCC1(CNS(=O)(=O)c2cccc(-c3nnnn3C)c2)CCNCC1.Cl. The molecule has 27 heavy (non-hydrogen) atoms. The number of nitrogens with one attached hydrogen (secondary N) is 2. The smallest absolute Gasteiger partial charge is 0.240 e. The molecule has 0 bridgehead atoms. The van der Waals surface area contributed by atoms with Crippen LogP contribution in [0.4, 0.5) is 0 Å². The van der Waals surface area contributed by atoms with Gasteiger partial charge in [-0.3, -0.25) is 0 Å². The number of hydrogen-bond donors (Lipinski definition) is 2. The van der Waals surface area contributed by atoms with Gasteiger partial charge < -0.3 is 10.1 Å². The van der Waals surface area contributed by atoms with Gasteiger partial charge >= 0.3 is 0 Å². The molecule has 3 rings (SSSR count). The topological polar surface area (TPSA) is 111 Å². The van der Waals surface area contributed by atoms with E-state index in [2.05, 4.69) is 25.6 Å². The molecular weight excluding hydrogens is 392 g/mol. The Morgan fingerprint density at radius 3 is 2.70 bits per heavy atom. The largest absolute Gasteiger partial charge is 0.384 e. The summed E-state index contributed by atoms with van der Waals surface area (Å²) in [6.45, 7) is 2.60. The first kappa shape index (κ1) is 21.7. The monoisotopic (exact) mass is 416 g/mol. The second-order valence-electron chi connectivity index (χ2n) is 6.66. The van der Waals surface area contributed by atoms with Crippen LogP contribution in [-0.2, 0) is 21.8 Å². The van der Waals surface area contributed by atoms with Crippen LogP contribution in [0.5, 0.6) is 0 Å². The van der Waals surface area contributed by atoms with Gasteiger partial charge in [0.05, 0.1) is 11.5 Å². The summed E-state index contributed by atoms with van der Waals surface area (Å²) in [4.78, 5) is 0.194. The molecule has 0 aliphatic carbocycles. The summed E-state index contributed by atoms with van der Waals surface area (Å²) in [7, 11) is -0.288. The summed E-state index contributed by atoms with van der Waals surface area (Å²) in [5.74, 6) is 0.510. The van der Waals surface area contributed by atoms with Crippen LogP contribution in [0, 0.1) is 5.41 Å². The zero-order valence-electron chi connectivity index (χ0n) is 15.4. The molecule has 0 atom stereocenters. The summed E-state index contributed by atoms with van der Waals surface area (Å²) >= 11 is 0. The van der Waals surface area contributed by atoms with Gasteiger partial charge in [0.2, 0.25) is 10.0 Å². The highest BCUT2D eigenvalue weighted by atomic mass is 35.5. The lowest BCUT2D eigenvalue weighted by Crippen LogP contribution is -2.47. The van der Waals surface area contributed by atoms with Gasteiger partial charge in [-0.05, 0) is 48.5 Å². The van der Waals surface area contributed by atoms with Crippen molar-refractivity contribution >= 4 is 22.4 Å². The Morgan fingerprint density at radius 1 is 1.33 bits per heavy atom. The lowest BCUT2D eigenvalue weighted by molar-refractivity contribution is 0.0577. The quantitative estimate of drug-likeness (QED) is 0.679. The van der Waals surface area contributed by atoms with E-state index >= 15 is 0 Å². The van der Waals surface area contributed by atoms with Crippen LogP contribution < -0.4 is 10.0 Å². The maximum Gasteiger partial charge on any atom is 0.240 e. The average molecular weight is 417 g/mol. The van der Waals surface area contributed by atoms with Crippen LogP contribution in [0.3, 0.4) is 0 Å². The molecule has 0 saturated carbocycles. The number of tetrazole rings is 1. The van der Waals surface area contributed by atoms with Gasteiger partial charge in [0.1, 0.15) is 0 Å². The van der Waals surface area contributed by atoms with Gasteiger partial charge in [-0.2, -0.15) is 0 Å². The normalized spacial score (nSPS) is 16.7. The highest BCUT2D eigenvalue weighted by molar-refractivity contribution is 7.89. The van der Waals surface area contributed by atoms with Gasteiger partial charge in [0.15, 0.2) is 5.82 Å². The number of halogens is 1. The van der Waals surface area contributed by atoms with E-state index in [9.17, 15) is 8.42 Å². The van der Waals surface area contributed by atoms with Crippen molar-refractivity contribution in [1.82, 2.24) is 30.2 Å². The van der Waals surface area contributed by atoms with Crippen molar-refractivity contribution in [2.24, 2.45) is 12.5 Å². The second kappa shape index (κ2) is 9.07. The number of aromatic nitrogens is 4. The van der Waals surface area contributed by atoms with E-state index in [4.69, 9.17) is 4.74 Å². The first-order chi connectivity index (χ1) is 12.5. The van der Waals surface area contributed by atoms with Crippen LogP contribution in [-0.4, -0.2) is 62.0 Å². The molecule has 1 aromatic carbocycles. The Labute approximate surface area is 165 Å². The fourth-order valence-corrected chi connectivity index (χ4v) is 4.45. The van der Waals surface area contributed by atoms with Crippen LogP contribution >= 0.6 is 12.4 Å². The van der Waals surface area contributed by atoms with E-state index < -0.39 is 10.0 Å². The highest BCUT2D eigenvalue weighted by Gasteiger charge is 2.33. The fraction of sp³-hybridized carbons (Fsp3) is 0.562. The molecule has 0 unspecified atom stereocenters. The number of rotatable bonds is 7. The minimum atomic E-state index is -3.65. The molecule has 0 spiro atoms. The zero-order chi connectivity index (χ0) is 18.6. The van der Waals surface area contributed by atoms with Gasteiger partial charge in [-0.1, -0.05) is 12.1 Å². The van der Waals surface area contributed by atoms with Crippen LogP contribution in [0.25, 0.3) is 11.4 Å². The Morgan fingerprint density at radius 2 is 2.07 bits per heavy atom. The van der Waals surface area contributed by atoms with Crippen molar-refractivity contribution in [3.8, 4) is 11.4 Å². The van der Waals surface area contributed by atoms with E-state index in [-0.39, 0.29) is 22.7 Å². The number of methoxy groups -OCH3 is 1. The van der Waals surface area contributed by atoms with Crippen molar-refractivity contribution in [1.29, 1.82) is 0 Å². The second-order valence-corrected chi connectivity index (χ2v) is 8.43. The predicted octanol–water partition coefficient (Wildman–Crippen LogP) is 0.593. The summed E-state index contributed by atoms with van der Waals surface area (Å²) in [5.41, 5.74) is 0.465. The number of nitrogens with zero attached hydrogens (tertiary/aromatic N) is 4. The van der Waals surface area contributed by atoms with Crippen molar-refractivity contribution < 1.29 is 13.2 Å². The molecule has 0 radical (unpaired) electrons. The summed E-state index contributed by atoms with van der Waals surface area (Å²) in [5, 5.41) is 14.6. The molecule has 1 aromatic heterocycles. The van der Waals surface area contributed by atoms with Crippen molar-refractivity contribution in [2.75, 3.05) is 33.4 Å². The molecular formula is C16H25ClN6O3S. The first-order valence-corrected chi connectivity index (χ1v) is 9.96. The Bertz CT molecular complexity index is 846. The maximum absolute atomic E-state index is 12.8. The van der Waals surface area contributed by atoms with Crippen LogP contribution in [0.15, 0.2) is 29.2 Å². The Balaban J connectivity index is 0.00000261. The fourth-order valence-electron chi connectivity index (χ4n) is 3.24. The number of ether oxygens (including phenoxy) is 1. The lowest BCUT2D eigenvalue weighted by atomic mass is 9.80. The third-order valence-corrected chi connectivity index (χ3v) is 6.17. The van der Waals surface area contributed by atoms with Crippen LogP contribution in [0.1, 0.15) is 12.8 Å². The van der Waals surface area contributed by atoms with Gasteiger partial charge in [0, 0.05) is 31.7 Å². The number of piperidine rings is 1. The van der Waals surface area contributed by atoms with Crippen molar-refractivity contribution in [3.05, 3.63) is 24.3 Å². The third-order valence-electron chi connectivity index (χ3n) is 4.77. The summed E-state index contributed by atoms with van der Waals surface area (Å²) < 4.78 is 35.2. The zero-order valence-corrected chi connectivity index (χ0v) is 17.0. The molecule has 1 aliphatic rings. The highest BCUT2D eigenvalue weighted by Crippen LogP contribution is 2.29. The minimum Gasteiger partial charge on any atom is -0.384 e. The van der Waals surface area contributed by atoms with E-state index in [0.717, 1.165) is 25.9 Å². The van der Waals surface area contributed by atoms with Crippen LogP contribution in [0.2, 0.25) is 0 Å². The number of sulfonamides is 1. The molecule has 2 aromatic rings. The number of hydrogen-bond acceptors (Lipinski definition) is 7. The molecule has 0 amide bonds. The predicted molar refractivity (Wildman–Crippen MR) is 103 cm³/mol. The molecule has 9 nitrogen and oxygen atoms in total. The van der Waals surface area contributed by atoms with Gasteiger partial charge in [-0.15, -0.1) is 17.5 Å². The van der Waals surface area contributed by atoms with E-state index in [1.165, 1.54) is 4.68 Å². The molecule has 11 heteroatoms. The molecule has 2 N–H and O–H groups in total. The van der Waals surface area contributed by atoms with Gasteiger partial charge in [0.25, 0.3) is 0 Å². The van der Waals surface area contributed by atoms with E-state index in [0.29, 0.717) is 24.5 Å². The minimum absolute atomic E-state index is 0.